The summed E-state index contributed by atoms with van der Waals surface area (Å²) in [7, 11) is 1.51. The number of carbonyl (C=O) groups is 1. The van der Waals surface area contributed by atoms with E-state index in [1.165, 1.54) is 7.11 Å². The van der Waals surface area contributed by atoms with Gasteiger partial charge in [0.05, 0.1) is 7.11 Å². The molecule has 98 valence electrons. The molecule has 2 rings (SSSR count). The van der Waals surface area contributed by atoms with Crippen LogP contribution in [0.4, 0.5) is 0 Å². The molecule has 17 heavy (non-hydrogen) atoms. The normalized spacial score (nSPS) is 33.6. The number of nitrogens with one attached hydrogen (secondary N) is 1. The molecule has 1 N–H and O–H groups in total. The van der Waals surface area contributed by atoms with Crippen LogP contribution >= 0.6 is 0 Å². The highest BCUT2D eigenvalue weighted by molar-refractivity contribution is 5.82. The monoisotopic (exact) mass is 240 g/mol. The second-order valence-corrected chi connectivity index (χ2v) is 5.83. The molecule has 0 amide bonds. The zero-order chi connectivity index (χ0) is 12.5. The third-order valence-electron chi connectivity index (χ3n) is 4.64. The summed E-state index contributed by atoms with van der Waals surface area (Å²) < 4.78 is 5.13. The van der Waals surface area contributed by atoms with E-state index >= 15 is 0 Å². The predicted octanol–water partition coefficient (Wildman–Crippen LogP) is 1.01. The van der Waals surface area contributed by atoms with Gasteiger partial charge in [0.2, 0.25) is 0 Å². The van der Waals surface area contributed by atoms with Crippen LogP contribution < -0.4 is 5.32 Å². The molecule has 1 saturated carbocycles. The number of nitrogens with zero attached hydrogens (tertiary/aromatic N) is 1. The summed E-state index contributed by atoms with van der Waals surface area (Å²) in [5.41, 5.74) is -0.388. The molecule has 0 aromatic carbocycles. The van der Waals surface area contributed by atoms with Gasteiger partial charge in [0.1, 0.15) is 5.54 Å². The number of piperazine rings is 1. The minimum atomic E-state index is -0.399. The Morgan fingerprint density at radius 3 is 2.35 bits per heavy atom. The van der Waals surface area contributed by atoms with Gasteiger partial charge in [0.15, 0.2) is 0 Å². The lowest BCUT2D eigenvalue weighted by Crippen LogP contribution is -2.64. The summed E-state index contributed by atoms with van der Waals surface area (Å²) in [6.07, 6.45) is 3.16. The number of methoxy groups -OCH3 is 1. The highest BCUT2D eigenvalue weighted by atomic mass is 16.5. The van der Waals surface area contributed by atoms with Crippen molar-refractivity contribution < 1.29 is 9.53 Å². The largest absolute Gasteiger partial charge is 0.468 e. The summed E-state index contributed by atoms with van der Waals surface area (Å²) in [5, 5.41) is 3.35. The molecule has 1 atom stereocenters. The van der Waals surface area contributed by atoms with E-state index in [2.05, 4.69) is 24.1 Å². The van der Waals surface area contributed by atoms with Crippen molar-refractivity contribution in [2.24, 2.45) is 5.41 Å². The number of esters is 1. The van der Waals surface area contributed by atoms with Crippen LogP contribution in [0.2, 0.25) is 0 Å². The third-order valence-corrected chi connectivity index (χ3v) is 4.64. The van der Waals surface area contributed by atoms with Crippen LogP contribution in [-0.4, -0.2) is 49.7 Å². The number of hydrogen-bond donors (Lipinski definition) is 1. The lowest BCUT2D eigenvalue weighted by molar-refractivity contribution is -0.163. The molecule has 0 spiro atoms. The highest BCUT2D eigenvalue weighted by Crippen LogP contribution is 2.50. The van der Waals surface area contributed by atoms with Crippen molar-refractivity contribution in [3.05, 3.63) is 0 Å². The maximum absolute atomic E-state index is 12.4. The first-order chi connectivity index (χ1) is 8.04. The van der Waals surface area contributed by atoms with Crippen LogP contribution in [0.5, 0.6) is 0 Å². The maximum atomic E-state index is 12.4. The molecule has 1 aliphatic carbocycles. The van der Waals surface area contributed by atoms with Crippen LogP contribution in [0, 0.1) is 5.41 Å². The molecule has 2 fully saturated rings. The van der Waals surface area contributed by atoms with Gasteiger partial charge in [-0.2, -0.15) is 0 Å². The van der Waals surface area contributed by atoms with Crippen LogP contribution in [0.15, 0.2) is 0 Å². The Morgan fingerprint density at radius 1 is 1.24 bits per heavy atom. The van der Waals surface area contributed by atoms with Gasteiger partial charge in [0.25, 0.3) is 0 Å². The molecular weight excluding hydrogens is 216 g/mol. The van der Waals surface area contributed by atoms with E-state index in [1.54, 1.807) is 0 Å². The van der Waals surface area contributed by atoms with Crippen LogP contribution in [0.25, 0.3) is 0 Å². The van der Waals surface area contributed by atoms with Gasteiger partial charge in [0, 0.05) is 26.2 Å². The second-order valence-electron chi connectivity index (χ2n) is 5.83. The van der Waals surface area contributed by atoms with Gasteiger partial charge in [-0.1, -0.05) is 20.3 Å². The summed E-state index contributed by atoms with van der Waals surface area (Å²) in [5.74, 6) is -0.0399. The first kappa shape index (κ1) is 12.8. The molecule has 1 aliphatic heterocycles. The number of carbonyl (C=O) groups excluding carboxylic acids is 1. The van der Waals surface area contributed by atoms with Crippen molar-refractivity contribution >= 4 is 5.97 Å². The summed E-state index contributed by atoms with van der Waals surface area (Å²) >= 11 is 0. The maximum Gasteiger partial charge on any atom is 0.326 e. The minimum absolute atomic E-state index is 0.0113. The zero-order valence-electron chi connectivity index (χ0n) is 11.2. The van der Waals surface area contributed by atoms with Gasteiger partial charge in [-0.15, -0.1) is 0 Å². The Kier molecular flexibility index (Phi) is 3.46. The Bertz CT molecular complexity index is 298. The van der Waals surface area contributed by atoms with Gasteiger partial charge in [-0.05, 0) is 18.3 Å². The molecule has 4 nitrogen and oxygen atoms in total. The standard InChI is InChI=1S/C13H24N2O2/c1-12(2)5-4-6-13(12,11(16)17-3)15-9-7-14-8-10-15/h14H,4-10H2,1-3H3. The SMILES string of the molecule is COC(=O)C1(N2CCNCC2)CCCC1(C)C. The van der Waals surface area contributed by atoms with Crippen molar-refractivity contribution in [2.45, 2.75) is 38.6 Å². The number of hydrogen-bond acceptors (Lipinski definition) is 4. The van der Waals surface area contributed by atoms with Crippen molar-refractivity contribution in [3.8, 4) is 0 Å². The third kappa shape index (κ3) is 1.87. The molecular formula is C13H24N2O2. The second kappa shape index (κ2) is 4.58. The molecule has 1 heterocycles. The van der Waals surface area contributed by atoms with Gasteiger partial charge >= 0.3 is 5.97 Å². The fourth-order valence-electron chi connectivity index (χ4n) is 3.64. The lowest BCUT2D eigenvalue weighted by Gasteiger charge is -2.48. The summed E-state index contributed by atoms with van der Waals surface area (Å²) in [6, 6.07) is 0. The Hall–Kier alpha value is -0.610. The van der Waals surface area contributed by atoms with Crippen molar-refractivity contribution in [1.29, 1.82) is 0 Å². The number of rotatable bonds is 2. The topological polar surface area (TPSA) is 41.6 Å². The van der Waals surface area contributed by atoms with E-state index in [0.29, 0.717) is 0 Å². The van der Waals surface area contributed by atoms with Crippen LogP contribution in [0.3, 0.4) is 0 Å². The minimum Gasteiger partial charge on any atom is -0.468 e. The summed E-state index contributed by atoms with van der Waals surface area (Å²) in [4.78, 5) is 14.7. The van der Waals surface area contributed by atoms with E-state index in [0.717, 1.165) is 45.4 Å². The first-order valence-electron chi connectivity index (χ1n) is 6.59. The molecule has 2 aliphatic rings. The van der Waals surface area contributed by atoms with Crippen molar-refractivity contribution in [1.82, 2.24) is 10.2 Å². The van der Waals surface area contributed by atoms with Gasteiger partial charge in [-0.3, -0.25) is 9.69 Å². The molecule has 0 radical (unpaired) electrons. The van der Waals surface area contributed by atoms with E-state index in [-0.39, 0.29) is 11.4 Å². The molecule has 1 unspecified atom stereocenters. The molecule has 0 aromatic rings. The molecule has 0 aromatic heterocycles. The van der Waals surface area contributed by atoms with Crippen LogP contribution in [-0.2, 0) is 9.53 Å². The van der Waals surface area contributed by atoms with Gasteiger partial charge in [-0.25, -0.2) is 0 Å². The van der Waals surface area contributed by atoms with Crippen molar-refractivity contribution in [3.63, 3.8) is 0 Å². The fourth-order valence-corrected chi connectivity index (χ4v) is 3.64. The summed E-state index contributed by atoms with van der Waals surface area (Å²) in [6.45, 7) is 8.23. The highest BCUT2D eigenvalue weighted by Gasteiger charge is 2.58. The predicted molar refractivity (Wildman–Crippen MR) is 66.8 cm³/mol. The Morgan fingerprint density at radius 2 is 1.88 bits per heavy atom. The molecule has 0 bridgehead atoms. The quantitative estimate of drug-likeness (QED) is 0.732. The van der Waals surface area contributed by atoms with E-state index < -0.39 is 5.54 Å². The smallest absolute Gasteiger partial charge is 0.326 e. The van der Waals surface area contributed by atoms with Crippen LogP contribution in [0.1, 0.15) is 33.1 Å². The first-order valence-corrected chi connectivity index (χ1v) is 6.59. The van der Waals surface area contributed by atoms with Crippen molar-refractivity contribution in [2.75, 3.05) is 33.3 Å². The Labute approximate surface area is 104 Å². The molecule has 1 saturated heterocycles. The Balaban J connectivity index is 2.32. The average Bonchev–Trinajstić information content (AvgIpc) is 2.66. The lowest BCUT2D eigenvalue weighted by atomic mass is 9.73. The average molecular weight is 240 g/mol. The van der Waals surface area contributed by atoms with Gasteiger partial charge < -0.3 is 10.1 Å². The van der Waals surface area contributed by atoms with E-state index in [9.17, 15) is 4.79 Å². The fraction of sp³-hybridized carbons (Fsp3) is 0.923. The van der Waals surface area contributed by atoms with E-state index in [4.69, 9.17) is 4.74 Å². The van der Waals surface area contributed by atoms with E-state index in [1.807, 2.05) is 0 Å². The molecule has 4 heteroatoms. The number of ether oxygens (including phenoxy) is 1. The zero-order valence-corrected chi connectivity index (χ0v) is 11.2.